The monoisotopic (exact) mass is 527 g/mol. The van der Waals surface area contributed by atoms with E-state index >= 15 is 4.39 Å². The van der Waals surface area contributed by atoms with E-state index in [4.69, 9.17) is 16.3 Å². The van der Waals surface area contributed by atoms with E-state index < -0.39 is 52.2 Å². The minimum atomic E-state index is -4.79. The molecule has 1 heterocycles. The number of nitrogens with zero attached hydrogens (tertiary/aromatic N) is 2. The molecule has 1 atom stereocenters. The lowest BCUT2D eigenvalue weighted by Gasteiger charge is -2.21. The second-order valence-corrected chi connectivity index (χ2v) is 8.81. The molecule has 1 unspecified atom stereocenters. The van der Waals surface area contributed by atoms with Crippen molar-refractivity contribution in [3.05, 3.63) is 70.6 Å². The fraction of sp³-hybridized carbons (Fsp3) is 0.292. The molecule has 0 spiro atoms. The van der Waals surface area contributed by atoms with E-state index in [-0.39, 0.29) is 22.9 Å². The molecule has 0 saturated heterocycles. The highest BCUT2D eigenvalue weighted by Crippen LogP contribution is 2.46. The average molecular weight is 528 g/mol. The summed E-state index contributed by atoms with van der Waals surface area (Å²) < 4.78 is 73.8. The summed E-state index contributed by atoms with van der Waals surface area (Å²) in [6.45, 7) is 0.593. The van der Waals surface area contributed by atoms with Crippen LogP contribution in [0.2, 0.25) is 5.02 Å². The number of benzene rings is 2. The van der Waals surface area contributed by atoms with Crippen molar-refractivity contribution in [2.24, 2.45) is 0 Å². The van der Waals surface area contributed by atoms with Gasteiger partial charge in [-0.1, -0.05) is 17.7 Å². The molecule has 190 valence electrons. The summed E-state index contributed by atoms with van der Waals surface area (Å²) in [5.41, 5.74) is -1.33. The van der Waals surface area contributed by atoms with Gasteiger partial charge in [-0.2, -0.15) is 13.2 Å². The van der Waals surface area contributed by atoms with Gasteiger partial charge in [-0.3, -0.25) is 14.8 Å². The van der Waals surface area contributed by atoms with Gasteiger partial charge in [0.05, 0.1) is 40.5 Å². The second-order valence-electron chi connectivity index (χ2n) is 8.41. The molecule has 1 aliphatic rings. The van der Waals surface area contributed by atoms with Crippen LogP contribution in [0.25, 0.3) is 11.3 Å². The zero-order valence-corrected chi connectivity index (χ0v) is 19.4. The Bertz CT molecular complexity index is 1280. The van der Waals surface area contributed by atoms with Crippen LogP contribution < -0.4 is 10.1 Å². The van der Waals surface area contributed by atoms with Crippen LogP contribution in [0.1, 0.15) is 35.8 Å². The predicted molar refractivity (Wildman–Crippen MR) is 121 cm³/mol. The van der Waals surface area contributed by atoms with Crippen molar-refractivity contribution < 1.29 is 36.6 Å². The van der Waals surface area contributed by atoms with Gasteiger partial charge in [-0.05, 0) is 44.0 Å². The molecule has 0 radical (unpaired) electrons. The number of alkyl halides is 3. The third kappa shape index (κ3) is 5.12. The molecule has 1 amide bonds. The SMILES string of the molecule is CC(Oc1cc(-c2cnc(C3(CO)CC3)cn2)c(F)cc1C(=O)Nc1c(F)cccc1Cl)C(F)(F)F. The molecule has 1 aromatic heterocycles. The number of aliphatic hydroxyl groups excluding tert-OH is 1. The number of para-hydroxylation sites is 1. The second kappa shape index (κ2) is 9.62. The van der Waals surface area contributed by atoms with E-state index in [9.17, 15) is 27.5 Å². The summed E-state index contributed by atoms with van der Waals surface area (Å²) in [5, 5.41) is 11.5. The third-order valence-electron chi connectivity index (χ3n) is 5.91. The minimum absolute atomic E-state index is 0.0291. The van der Waals surface area contributed by atoms with Crippen molar-refractivity contribution in [3.63, 3.8) is 0 Å². The highest BCUT2D eigenvalue weighted by atomic mass is 35.5. The van der Waals surface area contributed by atoms with Gasteiger partial charge in [-0.25, -0.2) is 8.78 Å². The topological polar surface area (TPSA) is 84.3 Å². The number of hydrogen-bond donors (Lipinski definition) is 2. The Balaban J connectivity index is 1.73. The minimum Gasteiger partial charge on any atom is -0.480 e. The largest absolute Gasteiger partial charge is 0.480 e. The number of carbonyl (C=O) groups is 1. The van der Waals surface area contributed by atoms with Crippen molar-refractivity contribution in [1.82, 2.24) is 9.97 Å². The molecule has 12 heteroatoms. The van der Waals surface area contributed by atoms with Crippen LogP contribution in [0, 0.1) is 11.6 Å². The number of aliphatic hydroxyl groups is 1. The predicted octanol–water partition coefficient (Wildman–Crippen LogP) is 5.68. The highest BCUT2D eigenvalue weighted by molar-refractivity contribution is 6.34. The molecular weight excluding hydrogens is 509 g/mol. The molecule has 2 aromatic carbocycles. The summed E-state index contributed by atoms with van der Waals surface area (Å²) >= 11 is 5.90. The Morgan fingerprint density at radius 1 is 1.19 bits per heavy atom. The smallest absolute Gasteiger partial charge is 0.425 e. The summed E-state index contributed by atoms with van der Waals surface area (Å²) in [7, 11) is 0. The first kappa shape index (κ1) is 25.8. The van der Waals surface area contributed by atoms with Gasteiger partial charge >= 0.3 is 6.18 Å². The molecule has 1 aliphatic carbocycles. The molecular formula is C24H19ClF5N3O3. The fourth-order valence-corrected chi connectivity index (χ4v) is 3.68. The number of hydrogen-bond acceptors (Lipinski definition) is 5. The van der Waals surface area contributed by atoms with Crippen LogP contribution in [0.15, 0.2) is 42.7 Å². The molecule has 6 nitrogen and oxygen atoms in total. The summed E-state index contributed by atoms with van der Waals surface area (Å²) in [6, 6.07) is 5.16. The standard InChI is InChI=1S/C24H19ClF5N3O3/c1-12(24(28,29)30)36-19-8-13(18-9-32-20(10-31-18)23(11-34)5-6-23)17(27)7-14(19)22(35)33-21-15(25)3-2-4-16(21)26/h2-4,7-10,12,34H,5-6,11H2,1H3,(H,33,35). The zero-order chi connectivity index (χ0) is 26.3. The number of carbonyl (C=O) groups excluding carboxylic acids is 1. The summed E-state index contributed by atoms with van der Waals surface area (Å²) in [6.07, 6.45) is -3.13. The Hall–Kier alpha value is -3.31. The van der Waals surface area contributed by atoms with Crippen molar-refractivity contribution >= 4 is 23.2 Å². The Labute approximate surface area is 207 Å². The first-order chi connectivity index (χ1) is 16.9. The van der Waals surface area contributed by atoms with Gasteiger partial charge < -0.3 is 15.2 Å². The lowest BCUT2D eigenvalue weighted by molar-refractivity contribution is -0.189. The van der Waals surface area contributed by atoms with E-state index in [0.717, 1.165) is 31.9 Å². The van der Waals surface area contributed by atoms with Crippen LogP contribution in [-0.2, 0) is 5.41 Å². The van der Waals surface area contributed by atoms with Crippen molar-refractivity contribution in [1.29, 1.82) is 0 Å². The Morgan fingerprint density at radius 3 is 2.47 bits per heavy atom. The normalized spacial score (nSPS) is 15.3. The van der Waals surface area contributed by atoms with Crippen LogP contribution in [-0.4, -0.2) is 39.9 Å². The molecule has 0 bridgehead atoms. The van der Waals surface area contributed by atoms with Gasteiger partial charge in [0.25, 0.3) is 5.91 Å². The number of halogens is 6. The van der Waals surface area contributed by atoms with Crippen LogP contribution in [0.5, 0.6) is 5.75 Å². The first-order valence-corrected chi connectivity index (χ1v) is 11.1. The summed E-state index contributed by atoms with van der Waals surface area (Å²) in [4.78, 5) is 21.2. The van der Waals surface area contributed by atoms with Crippen molar-refractivity contribution in [2.45, 2.75) is 37.5 Å². The van der Waals surface area contributed by atoms with Gasteiger partial charge in [0.1, 0.15) is 17.4 Å². The maximum absolute atomic E-state index is 15.1. The van der Waals surface area contributed by atoms with E-state index in [1.165, 1.54) is 24.5 Å². The molecule has 1 fully saturated rings. The molecule has 4 rings (SSSR count). The molecule has 2 N–H and O–H groups in total. The van der Waals surface area contributed by atoms with Crippen LogP contribution in [0.3, 0.4) is 0 Å². The number of ether oxygens (including phenoxy) is 1. The Morgan fingerprint density at radius 2 is 1.92 bits per heavy atom. The van der Waals surface area contributed by atoms with Gasteiger partial charge in [0.15, 0.2) is 6.10 Å². The van der Waals surface area contributed by atoms with E-state index in [2.05, 4.69) is 15.3 Å². The van der Waals surface area contributed by atoms with Gasteiger partial charge in [-0.15, -0.1) is 0 Å². The average Bonchev–Trinajstić information content (AvgIpc) is 3.63. The number of anilines is 1. The van der Waals surface area contributed by atoms with Crippen molar-refractivity contribution in [2.75, 3.05) is 11.9 Å². The number of amides is 1. The molecule has 3 aromatic rings. The maximum Gasteiger partial charge on any atom is 0.425 e. The number of rotatable bonds is 7. The zero-order valence-electron chi connectivity index (χ0n) is 18.7. The first-order valence-electron chi connectivity index (χ1n) is 10.7. The molecule has 1 saturated carbocycles. The molecule has 36 heavy (non-hydrogen) atoms. The number of nitrogens with one attached hydrogen (secondary N) is 1. The quantitative estimate of drug-likeness (QED) is 0.386. The van der Waals surface area contributed by atoms with Gasteiger partial charge in [0, 0.05) is 17.2 Å². The van der Waals surface area contributed by atoms with Crippen LogP contribution in [0.4, 0.5) is 27.6 Å². The van der Waals surface area contributed by atoms with Gasteiger partial charge in [0.2, 0.25) is 0 Å². The fourth-order valence-electron chi connectivity index (χ4n) is 3.47. The third-order valence-corrected chi connectivity index (χ3v) is 6.22. The van der Waals surface area contributed by atoms with Crippen molar-refractivity contribution in [3.8, 4) is 17.0 Å². The molecule has 0 aliphatic heterocycles. The number of aromatic nitrogens is 2. The lowest BCUT2D eigenvalue weighted by atomic mass is 10.0. The maximum atomic E-state index is 15.1. The van der Waals surface area contributed by atoms with E-state index in [0.29, 0.717) is 11.8 Å². The van der Waals surface area contributed by atoms with E-state index in [1.807, 2.05) is 0 Å². The Kier molecular flexibility index (Phi) is 6.89. The van der Waals surface area contributed by atoms with E-state index in [1.54, 1.807) is 0 Å². The van der Waals surface area contributed by atoms with Crippen LogP contribution >= 0.6 is 11.6 Å². The summed E-state index contributed by atoms with van der Waals surface area (Å²) in [5.74, 6) is -3.65. The highest BCUT2D eigenvalue weighted by Gasteiger charge is 2.45. The lowest BCUT2D eigenvalue weighted by Crippen LogP contribution is -2.32.